The Labute approximate surface area is 158 Å². The molecule has 4 aromatic rings. The molecule has 2 aromatic carbocycles. The zero-order valence-corrected chi connectivity index (χ0v) is 15.3. The van der Waals surface area contributed by atoms with Crippen molar-refractivity contribution in [2.24, 2.45) is 0 Å². The molecule has 0 aliphatic rings. The quantitative estimate of drug-likeness (QED) is 0.390. The average molecular weight is 377 g/mol. The first-order chi connectivity index (χ1) is 13.1. The third kappa shape index (κ3) is 3.02. The summed E-state index contributed by atoms with van der Waals surface area (Å²) >= 11 is 1.48. The van der Waals surface area contributed by atoms with E-state index < -0.39 is 4.92 Å². The fourth-order valence-electron chi connectivity index (χ4n) is 3.14. The number of benzene rings is 2. The first-order valence-corrected chi connectivity index (χ1v) is 9.14. The lowest BCUT2D eigenvalue weighted by atomic mass is 10.1. The van der Waals surface area contributed by atoms with Gasteiger partial charge in [-0.3, -0.25) is 19.5 Å². The van der Waals surface area contributed by atoms with E-state index in [4.69, 9.17) is 0 Å². The highest BCUT2D eigenvalue weighted by Crippen LogP contribution is 2.35. The third-order valence-corrected chi connectivity index (χ3v) is 5.73. The molecule has 0 bridgehead atoms. The van der Waals surface area contributed by atoms with Crippen LogP contribution in [-0.4, -0.2) is 14.5 Å². The van der Waals surface area contributed by atoms with Crippen LogP contribution in [0.25, 0.3) is 20.7 Å². The second kappa shape index (κ2) is 6.77. The number of thiophene rings is 1. The zero-order chi connectivity index (χ0) is 19.0. The van der Waals surface area contributed by atoms with Crippen LogP contribution < -0.4 is 5.56 Å². The van der Waals surface area contributed by atoms with Crippen molar-refractivity contribution < 1.29 is 4.92 Å². The van der Waals surface area contributed by atoms with Crippen molar-refractivity contribution in [2.75, 3.05) is 0 Å². The van der Waals surface area contributed by atoms with E-state index in [-0.39, 0.29) is 17.8 Å². The molecular formula is C20H15N3O3S. The molecule has 0 N–H and O–H groups in total. The maximum Gasteiger partial charge on any atom is 0.274 e. The number of aryl methyl sites for hydroxylation is 1. The summed E-state index contributed by atoms with van der Waals surface area (Å²) in [5.41, 5.74) is 2.21. The highest BCUT2D eigenvalue weighted by Gasteiger charge is 2.18. The Kier molecular flexibility index (Phi) is 4.29. The molecule has 7 heteroatoms. The molecule has 0 saturated carbocycles. The fraction of sp³-hybridized carbons (Fsp3) is 0.100. The van der Waals surface area contributed by atoms with Crippen LogP contribution >= 0.6 is 11.3 Å². The van der Waals surface area contributed by atoms with Crippen LogP contribution in [0.5, 0.6) is 0 Å². The van der Waals surface area contributed by atoms with Crippen LogP contribution in [0, 0.1) is 17.0 Å². The van der Waals surface area contributed by atoms with Crippen molar-refractivity contribution in [3.63, 3.8) is 0 Å². The van der Waals surface area contributed by atoms with Crippen LogP contribution in [0.2, 0.25) is 0 Å². The molecule has 0 atom stereocenters. The number of hydrogen-bond donors (Lipinski definition) is 0. The summed E-state index contributed by atoms with van der Waals surface area (Å²) in [6, 6.07) is 16.3. The molecular weight excluding hydrogens is 362 g/mol. The summed E-state index contributed by atoms with van der Waals surface area (Å²) < 4.78 is 1.43. The number of aromatic nitrogens is 2. The number of nitrogens with zero attached hydrogens (tertiary/aromatic N) is 3. The number of para-hydroxylation sites is 1. The molecule has 0 saturated heterocycles. The van der Waals surface area contributed by atoms with Gasteiger partial charge in [0.15, 0.2) is 0 Å². The Morgan fingerprint density at radius 3 is 2.56 bits per heavy atom. The molecule has 0 amide bonds. The molecule has 4 rings (SSSR count). The molecule has 6 nitrogen and oxygen atoms in total. The lowest BCUT2D eigenvalue weighted by molar-refractivity contribution is -0.385. The number of nitro benzene ring substituents is 1. The number of hydrogen-bond acceptors (Lipinski definition) is 5. The summed E-state index contributed by atoms with van der Waals surface area (Å²) in [6.45, 7) is 2.02. The highest BCUT2D eigenvalue weighted by molar-refractivity contribution is 7.22. The van der Waals surface area contributed by atoms with Crippen LogP contribution in [0.4, 0.5) is 5.69 Å². The molecule has 0 unspecified atom stereocenters. The molecule has 0 aliphatic carbocycles. The van der Waals surface area contributed by atoms with Crippen LogP contribution in [0.3, 0.4) is 0 Å². The summed E-state index contributed by atoms with van der Waals surface area (Å²) in [7, 11) is 0. The minimum atomic E-state index is -0.435. The Bertz CT molecular complexity index is 1210. The minimum Gasteiger partial charge on any atom is -0.294 e. The van der Waals surface area contributed by atoms with Gasteiger partial charge in [0, 0.05) is 16.5 Å². The normalized spacial score (nSPS) is 11.0. The fourth-order valence-corrected chi connectivity index (χ4v) is 4.29. The van der Waals surface area contributed by atoms with Crippen molar-refractivity contribution in [3.05, 3.63) is 92.5 Å². The van der Waals surface area contributed by atoms with Gasteiger partial charge in [0.05, 0.1) is 23.2 Å². The lowest BCUT2D eigenvalue weighted by Crippen LogP contribution is -2.21. The van der Waals surface area contributed by atoms with Gasteiger partial charge < -0.3 is 0 Å². The smallest absolute Gasteiger partial charge is 0.274 e. The molecule has 2 aromatic heterocycles. The minimum absolute atomic E-state index is 0.00323. The number of rotatable bonds is 4. The summed E-state index contributed by atoms with van der Waals surface area (Å²) in [4.78, 5) is 30.0. The predicted octanol–water partition coefficient (Wildman–Crippen LogP) is 4.39. The molecule has 2 heterocycles. The largest absolute Gasteiger partial charge is 0.294 e. The average Bonchev–Trinajstić information content (AvgIpc) is 3.02. The SMILES string of the molecule is Cc1c(-c2ccccc2)sc2ncn(Cc3ccccc3[N+](=O)[O-])c(=O)c12. The van der Waals surface area contributed by atoms with E-state index in [0.29, 0.717) is 15.8 Å². The van der Waals surface area contributed by atoms with E-state index in [1.807, 2.05) is 37.3 Å². The zero-order valence-electron chi connectivity index (χ0n) is 14.5. The van der Waals surface area contributed by atoms with Crippen molar-refractivity contribution >= 4 is 27.2 Å². The van der Waals surface area contributed by atoms with Crippen LogP contribution in [0.15, 0.2) is 65.7 Å². The third-order valence-electron chi connectivity index (χ3n) is 4.48. The molecule has 0 spiro atoms. The van der Waals surface area contributed by atoms with Gasteiger partial charge in [-0.2, -0.15) is 0 Å². The van der Waals surface area contributed by atoms with Gasteiger partial charge in [0.25, 0.3) is 11.2 Å². The molecule has 134 valence electrons. The summed E-state index contributed by atoms with van der Waals surface area (Å²) in [5, 5.41) is 11.8. The Hall–Kier alpha value is -3.32. The van der Waals surface area contributed by atoms with Crippen molar-refractivity contribution in [1.82, 2.24) is 9.55 Å². The van der Waals surface area contributed by atoms with E-state index >= 15 is 0 Å². The predicted molar refractivity (Wildman–Crippen MR) is 106 cm³/mol. The molecule has 0 radical (unpaired) electrons. The van der Waals surface area contributed by atoms with Gasteiger partial charge in [-0.25, -0.2) is 4.98 Å². The topological polar surface area (TPSA) is 78.0 Å². The van der Waals surface area contributed by atoms with Gasteiger partial charge >= 0.3 is 0 Å². The standard InChI is InChI=1S/C20H15N3O3S/c1-13-17-19(27-18(13)14-7-3-2-4-8-14)21-12-22(20(17)24)11-15-9-5-6-10-16(15)23(25)26/h2-10,12H,11H2,1H3. The molecule has 0 aliphatic heterocycles. The lowest BCUT2D eigenvalue weighted by Gasteiger charge is -2.06. The van der Waals surface area contributed by atoms with Crippen LogP contribution in [-0.2, 0) is 6.54 Å². The molecule has 27 heavy (non-hydrogen) atoms. The van der Waals surface area contributed by atoms with Crippen molar-refractivity contribution in [2.45, 2.75) is 13.5 Å². The van der Waals surface area contributed by atoms with Gasteiger partial charge in [-0.15, -0.1) is 11.3 Å². The first-order valence-electron chi connectivity index (χ1n) is 8.32. The maximum atomic E-state index is 13.0. The second-order valence-electron chi connectivity index (χ2n) is 6.17. The first kappa shape index (κ1) is 17.1. The Morgan fingerprint density at radius 1 is 1.11 bits per heavy atom. The van der Waals surface area contributed by atoms with Crippen molar-refractivity contribution in [1.29, 1.82) is 0 Å². The number of nitro groups is 1. The van der Waals surface area contributed by atoms with Gasteiger partial charge in [0.1, 0.15) is 4.83 Å². The van der Waals surface area contributed by atoms with Crippen molar-refractivity contribution in [3.8, 4) is 10.4 Å². The van der Waals surface area contributed by atoms with E-state index in [1.165, 1.54) is 28.3 Å². The molecule has 0 fully saturated rings. The van der Waals surface area contributed by atoms with Crippen LogP contribution in [0.1, 0.15) is 11.1 Å². The van der Waals surface area contributed by atoms with E-state index in [1.54, 1.807) is 18.2 Å². The van der Waals surface area contributed by atoms with Gasteiger partial charge in [0.2, 0.25) is 0 Å². The van der Waals surface area contributed by atoms with E-state index in [2.05, 4.69) is 4.98 Å². The second-order valence-corrected chi connectivity index (χ2v) is 7.16. The Morgan fingerprint density at radius 2 is 1.81 bits per heavy atom. The number of fused-ring (bicyclic) bond motifs is 1. The maximum absolute atomic E-state index is 13.0. The van der Waals surface area contributed by atoms with E-state index in [0.717, 1.165) is 16.0 Å². The monoisotopic (exact) mass is 377 g/mol. The summed E-state index contributed by atoms with van der Waals surface area (Å²) in [6.07, 6.45) is 1.46. The Balaban J connectivity index is 1.83. The van der Waals surface area contributed by atoms with Gasteiger partial charge in [-0.1, -0.05) is 48.5 Å². The van der Waals surface area contributed by atoms with E-state index in [9.17, 15) is 14.9 Å². The highest BCUT2D eigenvalue weighted by atomic mass is 32.1. The summed E-state index contributed by atoms with van der Waals surface area (Å²) in [5.74, 6) is 0. The van der Waals surface area contributed by atoms with Gasteiger partial charge in [-0.05, 0) is 18.1 Å².